The van der Waals surface area contributed by atoms with E-state index in [9.17, 15) is 14.4 Å². The monoisotopic (exact) mass is 419 g/mol. The number of anilines is 1. The maximum absolute atomic E-state index is 13.3. The van der Waals surface area contributed by atoms with Crippen molar-refractivity contribution in [2.24, 2.45) is 5.92 Å². The van der Waals surface area contributed by atoms with Crippen LogP contribution in [0.1, 0.15) is 37.8 Å². The molecule has 6 heteroatoms. The van der Waals surface area contributed by atoms with Crippen LogP contribution in [-0.4, -0.2) is 41.8 Å². The minimum atomic E-state index is -0.747. The highest BCUT2D eigenvalue weighted by atomic mass is 16.2. The molecule has 0 aromatic heterocycles. The van der Waals surface area contributed by atoms with E-state index in [1.807, 2.05) is 47.4 Å². The zero-order valence-corrected chi connectivity index (χ0v) is 18.1. The van der Waals surface area contributed by atoms with Gasteiger partial charge in [-0.05, 0) is 36.5 Å². The Morgan fingerprint density at radius 2 is 1.84 bits per heavy atom. The predicted octanol–water partition coefficient (Wildman–Crippen LogP) is 2.88. The van der Waals surface area contributed by atoms with Crippen molar-refractivity contribution in [2.75, 3.05) is 18.4 Å². The van der Waals surface area contributed by atoms with Crippen LogP contribution in [0.15, 0.2) is 54.6 Å². The molecule has 2 aromatic rings. The fourth-order valence-electron chi connectivity index (χ4n) is 4.92. The third-order valence-corrected chi connectivity index (χ3v) is 6.56. The molecule has 3 amide bonds. The third kappa shape index (κ3) is 3.82. The molecule has 4 rings (SSSR count). The molecular formula is C25H29N3O3. The molecule has 1 saturated heterocycles. The number of likely N-dealkylation sites (tertiary alicyclic amines) is 1. The van der Waals surface area contributed by atoms with Gasteiger partial charge >= 0.3 is 0 Å². The van der Waals surface area contributed by atoms with Crippen LogP contribution >= 0.6 is 0 Å². The van der Waals surface area contributed by atoms with Crippen LogP contribution in [0, 0.1) is 5.92 Å². The summed E-state index contributed by atoms with van der Waals surface area (Å²) in [6.45, 7) is 4.05. The average molecular weight is 420 g/mol. The van der Waals surface area contributed by atoms with Crippen molar-refractivity contribution in [1.29, 1.82) is 0 Å². The van der Waals surface area contributed by atoms with Crippen LogP contribution < -0.4 is 10.6 Å². The first-order valence-corrected chi connectivity index (χ1v) is 11.0. The van der Waals surface area contributed by atoms with Gasteiger partial charge < -0.3 is 15.5 Å². The number of carbonyl (C=O) groups excluding carboxylic acids is 3. The van der Waals surface area contributed by atoms with Crippen molar-refractivity contribution in [1.82, 2.24) is 10.2 Å². The van der Waals surface area contributed by atoms with Gasteiger partial charge in [-0.25, -0.2) is 0 Å². The molecule has 2 heterocycles. The van der Waals surface area contributed by atoms with E-state index in [4.69, 9.17) is 0 Å². The topological polar surface area (TPSA) is 78.5 Å². The van der Waals surface area contributed by atoms with E-state index in [-0.39, 0.29) is 36.2 Å². The van der Waals surface area contributed by atoms with E-state index in [1.54, 1.807) is 13.8 Å². The van der Waals surface area contributed by atoms with Crippen LogP contribution in [0.5, 0.6) is 0 Å². The molecule has 2 aliphatic heterocycles. The Balaban J connectivity index is 1.62. The second-order valence-electron chi connectivity index (χ2n) is 8.72. The largest absolute Gasteiger partial charge is 0.347 e. The van der Waals surface area contributed by atoms with Gasteiger partial charge in [-0.1, -0.05) is 62.4 Å². The first-order valence-electron chi connectivity index (χ1n) is 11.0. The number of rotatable bonds is 6. The predicted molar refractivity (Wildman–Crippen MR) is 119 cm³/mol. The molecule has 0 unspecified atom stereocenters. The Bertz CT molecular complexity index is 989. The molecule has 0 saturated carbocycles. The maximum atomic E-state index is 13.3. The van der Waals surface area contributed by atoms with Gasteiger partial charge in [-0.3, -0.25) is 14.4 Å². The lowest BCUT2D eigenvalue weighted by molar-refractivity contribution is -0.135. The Morgan fingerprint density at radius 3 is 2.58 bits per heavy atom. The number of hydrogen-bond donors (Lipinski definition) is 2. The summed E-state index contributed by atoms with van der Waals surface area (Å²) >= 11 is 0. The summed E-state index contributed by atoms with van der Waals surface area (Å²) in [6, 6.07) is 17.6. The fourth-order valence-corrected chi connectivity index (χ4v) is 4.92. The van der Waals surface area contributed by atoms with Gasteiger partial charge in [-0.2, -0.15) is 0 Å². The highest BCUT2D eigenvalue weighted by molar-refractivity contribution is 6.07. The number of nitrogens with zero attached hydrogens (tertiary/aromatic N) is 1. The molecule has 1 fully saturated rings. The molecule has 0 radical (unpaired) electrons. The molecule has 2 N–H and O–H groups in total. The number of para-hydroxylation sites is 1. The van der Waals surface area contributed by atoms with Gasteiger partial charge in [0, 0.05) is 18.2 Å². The Hall–Kier alpha value is -3.15. The molecule has 6 nitrogen and oxygen atoms in total. The standard InChI is InChI=1S/C25H29N3O3/c1-17(2)23(30)26-16-22(29)28-15-14-25(19-10-6-7-11-20(19)27-24(25)31)21(28)13-12-18-8-4-3-5-9-18/h3-11,17,21H,12-16H2,1-2H3,(H,26,30)(H,27,31)/t21-,25-/m0/s1. The summed E-state index contributed by atoms with van der Waals surface area (Å²) < 4.78 is 0. The molecule has 2 atom stereocenters. The Kier molecular flexibility index (Phi) is 5.81. The summed E-state index contributed by atoms with van der Waals surface area (Å²) in [5.74, 6) is -0.500. The summed E-state index contributed by atoms with van der Waals surface area (Å²) in [6.07, 6.45) is 2.03. The first-order chi connectivity index (χ1) is 14.9. The van der Waals surface area contributed by atoms with Crippen molar-refractivity contribution in [2.45, 2.75) is 44.6 Å². The van der Waals surface area contributed by atoms with Gasteiger partial charge in [0.1, 0.15) is 0 Å². The number of benzene rings is 2. The fraction of sp³-hybridized carbons (Fsp3) is 0.400. The number of amides is 3. The highest BCUT2D eigenvalue weighted by Crippen LogP contribution is 2.49. The number of nitrogens with one attached hydrogen (secondary N) is 2. The smallest absolute Gasteiger partial charge is 0.242 e. The molecule has 0 aliphatic carbocycles. The Morgan fingerprint density at radius 1 is 1.13 bits per heavy atom. The van der Waals surface area contributed by atoms with Gasteiger partial charge in [0.15, 0.2) is 0 Å². The number of hydrogen-bond acceptors (Lipinski definition) is 3. The molecule has 162 valence electrons. The lowest BCUT2D eigenvalue weighted by atomic mass is 9.73. The lowest BCUT2D eigenvalue weighted by Crippen LogP contribution is -2.51. The van der Waals surface area contributed by atoms with Gasteiger partial charge in [0.2, 0.25) is 17.7 Å². The van der Waals surface area contributed by atoms with Gasteiger partial charge in [0.05, 0.1) is 18.0 Å². The first kappa shape index (κ1) is 21.1. The zero-order valence-electron chi connectivity index (χ0n) is 18.1. The molecule has 2 aromatic carbocycles. The van der Waals surface area contributed by atoms with E-state index in [0.717, 1.165) is 17.7 Å². The minimum Gasteiger partial charge on any atom is -0.347 e. The van der Waals surface area contributed by atoms with E-state index in [1.165, 1.54) is 5.56 Å². The molecule has 2 aliphatic rings. The Labute approximate surface area is 183 Å². The van der Waals surface area contributed by atoms with Crippen LogP contribution in [0.2, 0.25) is 0 Å². The van der Waals surface area contributed by atoms with Crippen LogP contribution in [-0.2, 0) is 26.2 Å². The SMILES string of the molecule is CC(C)C(=O)NCC(=O)N1CC[C@@]2(C(=O)Nc3ccccc32)[C@@H]1CCc1ccccc1. The van der Waals surface area contributed by atoms with Crippen molar-refractivity contribution < 1.29 is 14.4 Å². The average Bonchev–Trinajstić information content (AvgIpc) is 3.30. The maximum Gasteiger partial charge on any atom is 0.242 e. The number of carbonyl (C=O) groups is 3. The lowest BCUT2D eigenvalue weighted by Gasteiger charge is -2.34. The van der Waals surface area contributed by atoms with E-state index < -0.39 is 5.41 Å². The summed E-state index contributed by atoms with van der Waals surface area (Å²) in [4.78, 5) is 40.2. The van der Waals surface area contributed by atoms with Crippen molar-refractivity contribution in [3.63, 3.8) is 0 Å². The summed E-state index contributed by atoms with van der Waals surface area (Å²) in [5.41, 5.74) is 2.24. The second kappa shape index (κ2) is 8.53. The van der Waals surface area contributed by atoms with Crippen molar-refractivity contribution >= 4 is 23.4 Å². The normalized spacial score (nSPS) is 22.0. The third-order valence-electron chi connectivity index (χ3n) is 6.56. The number of fused-ring (bicyclic) bond motifs is 2. The van der Waals surface area contributed by atoms with E-state index >= 15 is 0 Å². The molecule has 0 bridgehead atoms. The van der Waals surface area contributed by atoms with Gasteiger partial charge in [-0.15, -0.1) is 0 Å². The van der Waals surface area contributed by atoms with Crippen molar-refractivity contribution in [3.05, 3.63) is 65.7 Å². The van der Waals surface area contributed by atoms with E-state index in [2.05, 4.69) is 22.8 Å². The summed E-state index contributed by atoms with van der Waals surface area (Å²) in [5, 5.41) is 5.77. The number of aryl methyl sites for hydroxylation is 1. The van der Waals surface area contributed by atoms with Crippen LogP contribution in [0.4, 0.5) is 5.69 Å². The van der Waals surface area contributed by atoms with Crippen molar-refractivity contribution in [3.8, 4) is 0 Å². The van der Waals surface area contributed by atoms with Crippen LogP contribution in [0.3, 0.4) is 0 Å². The second-order valence-corrected chi connectivity index (χ2v) is 8.72. The highest BCUT2D eigenvalue weighted by Gasteiger charge is 2.58. The summed E-state index contributed by atoms with van der Waals surface area (Å²) in [7, 11) is 0. The van der Waals surface area contributed by atoms with Crippen LogP contribution in [0.25, 0.3) is 0 Å². The molecule has 1 spiro atoms. The molecule has 31 heavy (non-hydrogen) atoms. The van der Waals surface area contributed by atoms with E-state index in [0.29, 0.717) is 19.4 Å². The molecular weight excluding hydrogens is 390 g/mol. The minimum absolute atomic E-state index is 0.0340. The quantitative estimate of drug-likeness (QED) is 0.756. The van der Waals surface area contributed by atoms with Gasteiger partial charge in [0.25, 0.3) is 0 Å². The zero-order chi connectivity index (χ0) is 22.0.